The van der Waals surface area contributed by atoms with Gasteiger partial charge in [-0.15, -0.1) is 0 Å². The minimum atomic E-state index is 0.657. The van der Waals surface area contributed by atoms with Crippen LogP contribution in [0.1, 0.15) is 12.0 Å². The molecule has 4 nitrogen and oxygen atoms in total. The minimum Gasteiger partial charge on any atom is -0.305 e. The summed E-state index contributed by atoms with van der Waals surface area (Å²) in [6.07, 6.45) is 1.02. The van der Waals surface area contributed by atoms with Gasteiger partial charge in [0, 0.05) is 39.3 Å². The first-order valence-corrected chi connectivity index (χ1v) is 6.69. The van der Waals surface area contributed by atoms with Crippen LogP contribution in [-0.2, 0) is 11.4 Å². The van der Waals surface area contributed by atoms with Crippen molar-refractivity contribution in [2.24, 2.45) is 5.90 Å². The molecule has 0 radical (unpaired) electrons. The van der Waals surface area contributed by atoms with E-state index >= 15 is 0 Å². The Morgan fingerprint density at radius 1 is 1.00 bits per heavy atom. The number of benzene rings is 1. The molecule has 0 atom stereocenters. The van der Waals surface area contributed by atoms with Gasteiger partial charge in [-0.2, -0.15) is 0 Å². The smallest absolute Gasteiger partial charge is 0.0691 e. The fourth-order valence-electron chi connectivity index (χ4n) is 2.38. The van der Waals surface area contributed by atoms with Crippen LogP contribution in [0, 0.1) is 0 Å². The van der Waals surface area contributed by atoms with Crippen LogP contribution in [0.25, 0.3) is 0 Å². The lowest BCUT2D eigenvalue weighted by molar-refractivity contribution is 0.0977. The average Bonchev–Trinajstić information content (AvgIpc) is 2.42. The molecule has 1 aliphatic rings. The van der Waals surface area contributed by atoms with Gasteiger partial charge in [-0.25, -0.2) is 5.90 Å². The Hall–Kier alpha value is -0.940. The van der Waals surface area contributed by atoms with Crippen LogP contribution >= 0.6 is 0 Å². The van der Waals surface area contributed by atoms with Gasteiger partial charge in [-0.3, -0.25) is 4.90 Å². The summed E-state index contributed by atoms with van der Waals surface area (Å²) in [5, 5.41) is 0. The maximum Gasteiger partial charge on any atom is 0.0691 e. The highest BCUT2D eigenvalue weighted by atomic mass is 16.6. The van der Waals surface area contributed by atoms with Crippen molar-refractivity contribution >= 4 is 0 Å². The molecule has 1 saturated heterocycles. The third-order valence-corrected chi connectivity index (χ3v) is 3.45. The molecular formula is C14H23N3O. The second kappa shape index (κ2) is 7.48. The van der Waals surface area contributed by atoms with Crippen molar-refractivity contribution in [3.05, 3.63) is 35.9 Å². The van der Waals surface area contributed by atoms with E-state index in [0.29, 0.717) is 6.61 Å². The van der Waals surface area contributed by atoms with Gasteiger partial charge in [0.25, 0.3) is 0 Å². The van der Waals surface area contributed by atoms with Crippen molar-refractivity contribution in [3.63, 3.8) is 0 Å². The Morgan fingerprint density at radius 3 is 2.33 bits per heavy atom. The van der Waals surface area contributed by atoms with E-state index in [1.165, 1.54) is 5.56 Å². The second-order valence-electron chi connectivity index (χ2n) is 4.83. The van der Waals surface area contributed by atoms with Gasteiger partial charge in [-0.05, 0) is 12.0 Å². The molecule has 4 heteroatoms. The average molecular weight is 249 g/mol. The lowest BCUT2D eigenvalue weighted by Crippen LogP contribution is -2.46. The standard InChI is InChI=1S/C14H23N3O/c15-18-12-4-7-16-8-10-17(11-9-16)13-14-5-2-1-3-6-14/h1-3,5-6H,4,7-13,15H2. The molecule has 2 rings (SSSR count). The first kappa shape index (κ1) is 13.5. The highest BCUT2D eigenvalue weighted by molar-refractivity contribution is 5.14. The van der Waals surface area contributed by atoms with E-state index in [4.69, 9.17) is 5.90 Å². The summed E-state index contributed by atoms with van der Waals surface area (Å²) >= 11 is 0. The van der Waals surface area contributed by atoms with Crippen molar-refractivity contribution in [2.75, 3.05) is 39.3 Å². The van der Waals surface area contributed by atoms with Crippen LogP contribution in [-0.4, -0.2) is 49.1 Å². The van der Waals surface area contributed by atoms with E-state index in [-0.39, 0.29) is 0 Å². The number of rotatable bonds is 6. The van der Waals surface area contributed by atoms with E-state index in [0.717, 1.165) is 45.7 Å². The molecule has 18 heavy (non-hydrogen) atoms. The molecule has 2 N–H and O–H groups in total. The Labute approximate surface area is 109 Å². The Bertz CT molecular complexity index is 323. The normalized spacial score (nSPS) is 18.1. The zero-order chi connectivity index (χ0) is 12.6. The molecule has 0 amide bonds. The summed E-state index contributed by atoms with van der Waals surface area (Å²) in [5.41, 5.74) is 1.41. The largest absolute Gasteiger partial charge is 0.305 e. The summed E-state index contributed by atoms with van der Waals surface area (Å²) < 4.78 is 0. The van der Waals surface area contributed by atoms with Crippen LogP contribution in [0.15, 0.2) is 30.3 Å². The highest BCUT2D eigenvalue weighted by Gasteiger charge is 2.16. The minimum absolute atomic E-state index is 0.657. The fraction of sp³-hybridized carbons (Fsp3) is 0.571. The molecule has 1 fully saturated rings. The fourth-order valence-corrected chi connectivity index (χ4v) is 2.38. The molecule has 100 valence electrons. The SMILES string of the molecule is NOCCCN1CCN(Cc2ccccc2)CC1. The van der Waals surface area contributed by atoms with Crippen molar-refractivity contribution in [3.8, 4) is 0 Å². The van der Waals surface area contributed by atoms with Gasteiger partial charge >= 0.3 is 0 Å². The molecule has 0 spiro atoms. The molecule has 1 heterocycles. The van der Waals surface area contributed by atoms with E-state index in [9.17, 15) is 0 Å². The van der Waals surface area contributed by atoms with E-state index in [2.05, 4.69) is 45.0 Å². The predicted octanol–water partition coefficient (Wildman–Crippen LogP) is 1.08. The maximum absolute atomic E-state index is 5.03. The molecular weight excluding hydrogens is 226 g/mol. The molecule has 0 aromatic heterocycles. The third kappa shape index (κ3) is 4.38. The summed E-state index contributed by atoms with van der Waals surface area (Å²) in [6.45, 7) is 7.42. The van der Waals surface area contributed by atoms with Gasteiger partial charge < -0.3 is 9.74 Å². The van der Waals surface area contributed by atoms with Crippen molar-refractivity contribution < 1.29 is 4.84 Å². The Kier molecular flexibility index (Phi) is 5.61. The Balaban J connectivity index is 1.67. The van der Waals surface area contributed by atoms with E-state index in [1.807, 2.05) is 0 Å². The number of nitrogens with zero attached hydrogens (tertiary/aromatic N) is 2. The third-order valence-electron chi connectivity index (χ3n) is 3.45. The van der Waals surface area contributed by atoms with Crippen LogP contribution in [0.3, 0.4) is 0 Å². The molecule has 0 aliphatic carbocycles. The van der Waals surface area contributed by atoms with Gasteiger partial charge in [0.1, 0.15) is 0 Å². The molecule has 1 aromatic rings. The molecule has 1 aliphatic heterocycles. The first-order chi connectivity index (χ1) is 8.88. The number of hydrogen-bond donors (Lipinski definition) is 1. The van der Waals surface area contributed by atoms with Crippen molar-refractivity contribution in [1.82, 2.24) is 9.80 Å². The predicted molar refractivity (Wildman–Crippen MR) is 72.9 cm³/mol. The summed E-state index contributed by atoms with van der Waals surface area (Å²) in [5.74, 6) is 5.03. The van der Waals surface area contributed by atoms with E-state index in [1.54, 1.807) is 0 Å². The second-order valence-corrected chi connectivity index (χ2v) is 4.83. The zero-order valence-electron chi connectivity index (χ0n) is 10.9. The molecule has 0 unspecified atom stereocenters. The number of hydrogen-bond acceptors (Lipinski definition) is 4. The highest BCUT2D eigenvalue weighted by Crippen LogP contribution is 2.08. The van der Waals surface area contributed by atoms with Gasteiger partial charge in [0.05, 0.1) is 6.61 Å². The lowest BCUT2D eigenvalue weighted by atomic mass is 10.2. The van der Waals surface area contributed by atoms with Crippen LogP contribution < -0.4 is 5.90 Å². The van der Waals surface area contributed by atoms with Crippen molar-refractivity contribution in [1.29, 1.82) is 0 Å². The van der Waals surface area contributed by atoms with Crippen LogP contribution in [0.2, 0.25) is 0 Å². The van der Waals surface area contributed by atoms with Gasteiger partial charge in [0.15, 0.2) is 0 Å². The van der Waals surface area contributed by atoms with Crippen LogP contribution in [0.4, 0.5) is 0 Å². The van der Waals surface area contributed by atoms with Crippen LogP contribution in [0.5, 0.6) is 0 Å². The first-order valence-electron chi connectivity index (χ1n) is 6.69. The zero-order valence-corrected chi connectivity index (χ0v) is 10.9. The van der Waals surface area contributed by atoms with Gasteiger partial charge in [0.2, 0.25) is 0 Å². The quantitative estimate of drug-likeness (QED) is 0.605. The lowest BCUT2D eigenvalue weighted by Gasteiger charge is -2.34. The Morgan fingerprint density at radius 2 is 1.67 bits per heavy atom. The van der Waals surface area contributed by atoms with Crippen molar-refractivity contribution in [2.45, 2.75) is 13.0 Å². The number of nitrogens with two attached hydrogens (primary N) is 1. The topological polar surface area (TPSA) is 41.7 Å². The molecule has 1 aromatic carbocycles. The summed E-state index contributed by atoms with van der Waals surface area (Å²) in [4.78, 5) is 9.60. The summed E-state index contributed by atoms with van der Waals surface area (Å²) in [6, 6.07) is 10.7. The number of piperazine rings is 1. The maximum atomic E-state index is 5.03. The van der Waals surface area contributed by atoms with E-state index < -0.39 is 0 Å². The van der Waals surface area contributed by atoms with Gasteiger partial charge in [-0.1, -0.05) is 30.3 Å². The molecule has 0 saturated carbocycles. The monoisotopic (exact) mass is 249 g/mol. The molecule has 0 bridgehead atoms. The summed E-state index contributed by atoms with van der Waals surface area (Å²) in [7, 11) is 0.